The Morgan fingerprint density at radius 1 is 1.11 bits per heavy atom. The van der Waals surface area contributed by atoms with Crippen LogP contribution in [0.4, 0.5) is 5.69 Å². The molecular weight excluding hydrogens is 487 g/mol. The lowest BCUT2D eigenvalue weighted by Gasteiger charge is -2.33. The summed E-state index contributed by atoms with van der Waals surface area (Å²) in [5.74, 6) is 1.81. The van der Waals surface area contributed by atoms with E-state index in [4.69, 9.17) is 37.2 Å². The summed E-state index contributed by atoms with van der Waals surface area (Å²) in [6, 6.07) is 12.2. The fraction of sp³-hybridized carbons (Fsp3) is 0.444. The van der Waals surface area contributed by atoms with Crippen molar-refractivity contribution < 1.29 is 19.1 Å². The molecule has 0 amide bonds. The molecule has 0 spiro atoms. The Labute approximate surface area is 213 Å². The monoisotopic (exact) mass is 512 g/mol. The Morgan fingerprint density at radius 3 is 2.69 bits per heavy atom. The van der Waals surface area contributed by atoms with Gasteiger partial charge in [-0.2, -0.15) is 0 Å². The lowest BCUT2D eigenvalue weighted by molar-refractivity contribution is -0.0918. The van der Waals surface area contributed by atoms with Crippen molar-refractivity contribution in [3.8, 4) is 11.3 Å². The van der Waals surface area contributed by atoms with E-state index in [0.717, 1.165) is 60.2 Å². The Balaban J connectivity index is 1.08. The van der Waals surface area contributed by atoms with Crippen molar-refractivity contribution in [3.63, 3.8) is 0 Å². The summed E-state index contributed by atoms with van der Waals surface area (Å²) in [4.78, 5) is 2.49. The van der Waals surface area contributed by atoms with Crippen molar-refractivity contribution in [1.29, 1.82) is 0 Å². The van der Waals surface area contributed by atoms with E-state index in [1.807, 2.05) is 24.3 Å². The fourth-order valence-corrected chi connectivity index (χ4v) is 6.64. The molecule has 1 aromatic heterocycles. The molecule has 3 fully saturated rings. The second-order valence-corrected chi connectivity index (χ2v) is 11.0. The first kappa shape index (κ1) is 22.1. The minimum Gasteiger partial charge on any atom is -0.373 e. The molecule has 0 radical (unpaired) electrons. The zero-order valence-electron chi connectivity index (χ0n) is 19.1. The van der Waals surface area contributed by atoms with Crippen molar-refractivity contribution in [2.45, 2.75) is 63.3 Å². The van der Waals surface area contributed by atoms with Gasteiger partial charge >= 0.3 is 0 Å². The van der Waals surface area contributed by atoms with Crippen LogP contribution in [-0.2, 0) is 22.7 Å². The van der Waals surface area contributed by atoms with E-state index in [0.29, 0.717) is 46.8 Å². The van der Waals surface area contributed by atoms with Gasteiger partial charge in [0, 0.05) is 46.8 Å². The van der Waals surface area contributed by atoms with Gasteiger partial charge < -0.3 is 24.0 Å². The van der Waals surface area contributed by atoms with Crippen LogP contribution in [0, 0.1) is 5.92 Å². The quantitative estimate of drug-likeness (QED) is 0.422. The lowest BCUT2D eigenvalue weighted by atomic mass is 10.0. The van der Waals surface area contributed by atoms with Crippen LogP contribution in [0.2, 0.25) is 10.0 Å². The SMILES string of the molecule is OC1OCc2cc(N3C[C@@H]4C[C@H]3C[C@H]4OCc3c(-c4c(Cl)cccc4Cl)noc3C3CC3)ccc21. The smallest absolute Gasteiger partial charge is 0.181 e. The van der Waals surface area contributed by atoms with Crippen LogP contribution in [0.15, 0.2) is 40.9 Å². The first-order valence-corrected chi connectivity index (χ1v) is 13.1. The number of benzene rings is 2. The third-order valence-electron chi connectivity index (χ3n) is 8.01. The van der Waals surface area contributed by atoms with E-state index in [-0.39, 0.29) is 6.10 Å². The van der Waals surface area contributed by atoms with Gasteiger partial charge in [-0.25, -0.2) is 0 Å². The van der Waals surface area contributed by atoms with Gasteiger partial charge in [-0.05, 0) is 55.5 Å². The molecule has 2 saturated carbocycles. The highest BCUT2D eigenvalue weighted by molar-refractivity contribution is 6.39. The number of aliphatic hydroxyl groups is 1. The number of piperidine rings is 1. The summed E-state index contributed by atoms with van der Waals surface area (Å²) in [5.41, 5.74) is 5.58. The van der Waals surface area contributed by atoms with Crippen LogP contribution in [0.25, 0.3) is 11.3 Å². The van der Waals surface area contributed by atoms with Crippen molar-refractivity contribution in [2.24, 2.45) is 5.92 Å². The molecule has 6 nitrogen and oxygen atoms in total. The molecule has 1 unspecified atom stereocenters. The highest BCUT2D eigenvalue weighted by Gasteiger charge is 2.46. The van der Waals surface area contributed by atoms with Gasteiger partial charge in [0.05, 0.1) is 29.4 Å². The predicted octanol–water partition coefficient (Wildman–Crippen LogP) is 6.23. The Hall–Kier alpha value is -2.09. The lowest BCUT2D eigenvalue weighted by Crippen LogP contribution is -2.38. The number of fused-ring (bicyclic) bond motifs is 3. The van der Waals surface area contributed by atoms with E-state index in [9.17, 15) is 5.11 Å². The number of aliphatic hydroxyl groups excluding tert-OH is 1. The van der Waals surface area contributed by atoms with Crippen LogP contribution in [0.5, 0.6) is 0 Å². The molecule has 2 aliphatic heterocycles. The second-order valence-electron chi connectivity index (χ2n) is 10.2. The van der Waals surface area contributed by atoms with E-state index in [1.54, 1.807) is 0 Å². The predicted molar refractivity (Wildman–Crippen MR) is 133 cm³/mol. The molecule has 4 aliphatic rings. The second kappa shape index (κ2) is 8.49. The third-order valence-corrected chi connectivity index (χ3v) is 8.64. The Kier molecular flexibility index (Phi) is 5.37. The minimum atomic E-state index is -0.796. The minimum absolute atomic E-state index is 0.201. The summed E-state index contributed by atoms with van der Waals surface area (Å²) in [5, 5.41) is 15.4. The fourth-order valence-electron chi connectivity index (χ4n) is 6.06. The van der Waals surface area contributed by atoms with Gasteiger partial charge in [0.1, 0.15) is 11.5 Å². The summed E-state index contributed by atoms with van der Waals surface area (Å²) in [6.45, 7) is 1.89. The number of rotatable bonds is 6. The first-order chi connectivity index (χ1) is 17.1. The maximum absolute atomic E-state index is 9.92. The van der Waals surface area contributed by atoms with Gasteiger partial charge in [-0.3, -0.25) is 0 Å². The largest absolute Gasteiger partial charge is 0.373 e. The zero-order chi connectivity index (χ0) is 23.7. The maximum Gasteiger partial charge on any atom is 0.181 e. The first-order valence-electron chi connectivity index (χ1n) is 12.3. The number of hydrogen-bond acceptors (Lipinski definition) is 6. The summed E-state index contributed by atoms with van der Waals surface area (Å²) in [6.07, 6.45) is 3.76. The van der Waals surface area contributed by atoms with Gasteiger partial charge in [0.2, 0.25) is 0 Å². The Morgan fingerprint density at radius 2 is 1.94 bits per heavy atom. The van der Waals surface area contributed by atoms with E-state index < -0.39 is 6.29 Å². The van der Waals surface area contributed by atoms with Gasteiger partial charge in [-0.15, -0.1) is 0 Å². The normalized spacial score (nSPS) is 27.1. The molecule has 4 atom stereocenters. The molecule has 1 saturated heterocycles. The molecule has 2 bridgehead atoms. The van der Waals surface area contributed by atoms with Crippen molar-refractivity contribution in [3.05, 3.63) is 68.9 Å². The highest BCUT2D eigenvalue weighted by Crippen LogP contribution is 2.47. The number of nitrogens with zero attached hydrogens (tertiary/aromatic N) is 2. The van der Waals surface area contributed by atoms with E-state index >= 15 is 0 Å². The highest BCUT2D eigenvalue weighted by atomic mass is 35.5. The number of hydrogen-bond donors (Lipinski definition) is 1. The van der Waals surface area contributed by atoms with Gasteiger partial charge in [0.25, 0.3) is 0 Å². The van der Waals surface area contributed by atoms with Crippen LogP contribution >= 0.6 is 23.2 Å². The molecule has 35 heavy (non-hydrogen) atoms. The molecule has 182 valence electrons. The van der Waals surface area contributed by atoms with Gasteiger partial charge in [-0.1, -0.05) is 40.5 Å². The third kappa shape index (κ3) is 3.78. The van der Waals surface area contributed by atoms with Crippen molar-refractivity contribution >= 4 is 28.9 Å². The molecule has 2 aromatic carbocycles. The summed E-state index contributed by atoms with van der Waals surface area (Å²) >= 11 is 13.0. The summed E-state index contributed by atoms with van der Waals surface area (Å²) in [7, 11) is 0. The van der Waals surface area contributed by atoms with Gasteiger partial charge in [0.15, 0.2) is 6.29 Å². The molecule has 2 aliphatic carbocycles. The maximum atomic E-state index is 9.92. The Bertz CT molecular complexity index is 1270. The number of ether oxygens (including phenoxy) is 2. The molecule has 3 aromatic rings. The average molecular weight is 513 g/mol. The van der Waals surface area contributed by atoms with Crippen LogP contribution in [0.3, 0.4) is 0 Å². The number of halogens is 2. The van der Waals surface area contributed by atoms with E-state index in [1.165, 1.54) is 5.69 Å². The van der Waals surface area contributed by atoms with Crippen molar-refractivity contribution in [2.75, 3.05) is 11.4 Å². The zero-order valence-corrected chi connectivity index (χ0v) is 20.6. The molecular formula is C27H26Cl2N2O4. The molecule has 1 N–H and O–H groups in total. The molecule has 8 heteroatoms. The average Bonchev–Trinajstić information content (AvgIpc) is 3.16. The number of anilines is 1. The molecule has 7 rings (SSSR count). The standard InChI is InChI=1S/C27H26Cl2N2O4/c28-21-2-1-3-22(29)24(21)25-20(26(35-30-25)14-4-5-14)13-33-23-10-18-8-15(23)11-31(18)17-6-7-19-16(9-17)12-34-27(19)32/h1-3,6-7,9,14-15,18,23,27,32H,4-5,8,10-13H2/t15-,18-,23+,27?/m0/s1. The topological polar surface area (TPSA) is 68.0 Å². The van der Waals surface area contributed by atoms with Crippen LogP contribution < -0.4 is 4.90 Å². The number of aromatic nitrogens is 1. The molecule has 3 heterocycles. The summed E-state index contributed by atoms with van der Waals surface area (Å²) < 4.78 is 17.7. The van der Waals surface area contributed by atoms with Crippen LogP contribution in [0.1, 0.15) is 60.3 Å². The van der Waals surface area contributed by atoms with E-state index in [2.05, 4.69) is 22.2 Å². The van der Waals surface area contributed by atoms with Crippen molar-refractivity contribution in [1.82, 2.24) is 5.16 Å². The van der Waals surface area contributed by atoms with Crippen LogP contribution in [-0.4, -0.2) is 29.0 Å².